The fourth-order valence-corrected chi connectivity index (χ4v) is 4.99. The zero-order chi connectivity index (χ0) is 16.2. The number of amides is 2. The molecule has 2 fully saturated rings. The summed E-state index contributed by atoms with van der Waals surface area (Å²) < 4.78 is 25.7. The van der Waals surface area contributed by atoms with E-state index in [4.69, 9.17) is 5.11 Å². The average molecular weight is 351 g/mol. The molecule has 0 saturated carbocycles. The summed E-state index contributed by atoms with van der Waals surface area (Å²) in [6, 6.07) is -0.395. The molecule has 2 N–H and O–H groups in total. The van der Waals surface area contributed by atoms with Gasteiger partial charge in [0, 0.05) is 44.2 Å². The lowest BCUT2D eigenvalue weighted by atomic mass is 10.1. The number of rotatable bonds is 5. The van der Waals surface area contributed by atoms with Crippen LogP contribution in [0.4, 0.5) is 4.79 Å². The largest absolute Gasteiger partial charge is 0.481 e. The second kappa shape index (κ2) is 7.51. The number of aliphatic carboxylic acids is 1. The van der Waals surface area contributed by atoms with Crippen LogP contribution < -0.4 is 5.32 Å². The molecule has 2 rings (SSSR count). The summed E-state index contributed by atoms with van der Waals surface area (Å²) >= 11 is 1.73. The van der Waals surface area contributed by atoms with Gasteiger partial charge in [-0.3, -0.25) is 4.79 Å². The van der Waals surface area contributed by atoms with Crippen molar-refractivity contribution in [3.05, 3.63) is 0 Å². The van der Waals surface area contributed by atoms with E-state index in [1.807, 2.05) is 0 Å². The second-order valence-electron chi connectivity index (χ2n) is 5.33. The zero-order valence-corrected chi connectivity index (χ0v) is 13.9. The highest BCUT2D eigenvalue weighted by Gasteiger charge is 2.31. The molecular formula is C12H21N3O5S2. The molecule has 0 aromatic carbocycles. The van der Waals surface area contributed by atoms with Crippen LogP contribution >= 0.6 is 11.8 Å². The number of nitrogens with one attached hydrogen (secondary N) is 1. The van der Waals surface area contributed by atoms with Crippen molar-refractivity contribution >= 4 is 33.8 Å². The lowest BCUT2D eigenvalue weighted by molar-refractivity contribution is -0.141. The van der Waals surface area contributed by atoms with E-state index in [2.05, 4.69) is 5.32 Å². The van der Waals surface area contributed by atoms with Crippen LogP contribution in [0, 0.1) is 5.92 Å². The van der Waals surface area contributed by atoms with Gasteiger partial charge in [0.1, 0.15) is 0 Å². The minimum absolute atomic E-state index is 0.0407. The van der Waals surface area contributed by atoms with Gasteiger partial charge in [-0.25, -0.2) is 17.5 Å². The number of sulfonamides is 1. The number of carboxylic acids is 1. The van der Waals surface area contributed by atoms with Crippen molar-refractivity contribution in [2.24, 2.45) is 5.92 Å². The Morgan fingerprint density at radius 2 is 1.91 bits per heavy atom. The van der Waals surface area contributed by atoms with Crippen molar-refractivity contribution in [2.45, 2.75) is 6.42 Å². The molecule has 10 heteroatoms. The molecule has 0 aromatic rings. The Balaban J connectivity index is 1.74. The molecule has 2 saturated heterocycles. The molecule has 0 bridgehead atoms. The first-order valence-electron chi connectivity index (χ1n) is 7.21. The van der Waals surface area contributed by atoms with Crippen LogP contribution in [0.5, 0.6) is 0 Å². The Morgan fingerprint density at radius 1 is 1.23 bits per heavy atom. The van der Waals surface area contributed by atoms with Crippen LogP contribution in [0.1, 0.15) is 6.42 Å². The van der Waals surface area contributed by atoms with Gasteiger partial charge in [0.15, 0.2) is 0 Å². The molecule has 22 heavy (non-hydrogen) atoms. The number of thioether (sulfide) groups is 1. The summed E-state index contributed by atoms with van der Waals surface area (Å²) in [6.07, 6.45) is 0.437. The van der Waals surface area contributed by atoms with Gasteiger partial charge in [-0.1, -0.05) is 0 Å². The van der Waals surface area contributed by atoms with Gasteiger partial charge in [0.05, 0.1) is 11.7 Å². The maximum absolute atomic E-state index is 12.1. The molecule has 2 aliphatic rings. The normalized spacial score (nSPS) is 23.5. The van der Waals surface area contributed by atoms with Gasteiger partial charge in [-0.2, -0.15) is 11.8 Å². The molecule has 0 radical (unpaired) electrons. The summed E-state index contributed by atoms with van der Waals surface area (Å²) in [7, 11) is -3.33. The molecule has 0 spiro atoms. The number of carboxylic acid groups (broad SMARTS) is 1. The number of hydrogen-bond donors (Lipinski definition) is 2. The van der Waals surface area contributed by atoms with Crippen LogP contribution in [0.2, 0.25) is 0 Å². The van der Waals surface area contributed by atoms with Crippen LogP contribution in [0.25, 0.3) is 0 Å². The van der Waals surface area contributed by atoms with E-state index >= 15 is 0 Å². The van der Waals surface area contributed by atoms with Crippen LogP contribution in [-0.4, -0.2) is 84.7 Å². The third-order valence-corrected chi connectivity index (χ3v) is 6.64. The Kier molecular flexibility index (Phi) is 5.93. The van der Waals surface area contributed by atoms with E-state index in [-0.39, 0.29) is 18.8 Å². The predicted octanol–water partition coefficient (Wildman–Crippen LogP) is -0.519. The van der Waals surface area contributed by atoms with Gasteiger partial charge >= 0.3 is 12.0 Å². The summed E-state index contributed by atoms with van der Waals surface area (Å²) in [5, 5.41) is 11.5. The predicted molar refractivity (Wildman–Crippen MR) is 83.4 cm³/mol. The number of carbonyl (C=O) groups excluding carboxylic acids is 1. The Labute approximate surface area is 134 Å². The van der Waals surface area contributed by atoms with E-state index in [1.54, 1.807) is 11.8 Å². The monoisotopic (exact) mass is 351 g/mol. The number of hydrogen-bond acceptors (Lipinski definition) is 5. The SMILES string of the molecule is O=C(O)C1CCN(C(=O)NCCS(=O)(=O)N2CCSCC2)C1. The maximum Gasteiger partial charge on any atom is 0.317 e. The van der Waals surface area contributed by atoms with Gasteiger partial charge in [-0.15, -0.1) is 0 Å². The van der Waals surface area contributed by atoms with Gasteiger partial charge < -0.3 is 15.3 Å². The first-order chi connectivity index (χ1) is 10.4. The molecule has 2 heterocycles. The van der Waals surface area contributed by atoms with E-state index < -0.39 is 27.9 Å². The van der Waals surface area contributed by atoms with E-state index in [1.165, 1.54) is 9.21 Å². The molecular weight excluding hydrogens is 330 g/mol. The van der Waals surface area contributed by atoms with E-state index in [0.717, 1.165) is 11.5 Å². The van der Waals surface area contributed by atoms with Crippen molar-refractivity contribution < 1.29 is 23.1 Å². The topological polar surface area (TPSA) is 107 Å². The third kappa shape index (κ3) is 4.50. The molecule has 0 aliphatic carbocycles. The molecule has 1 unspecified atom stereocenters. The van der Waals surface area contributed by atoms with Crippen molar-refractivity contribution in [3.8, 4) is 0 Å². The Bertz CT molecular complexity index is 519. The first-order valence-corrected chi connectivity index (χ1v) is 9.97. The van der Waals surface area contributed by atoms with Gasteiger partial charge in [0.25, 0.3) is 0 Å². The highest BCUT2D eigenvalue weighted by atomic mass is 32.2. The minimum atomic E-state index is -3.33. The van der Waals surface area contributed by atoms with Crippen molar-refractivity contribution in [2.75, 3.05) is 50.0 Å². The quantitative estimate of drug-likeness (QED) is 0.690. The molecule has 2 amide bonds. The standard InChI is InChI=1S/C12H21N3O5S2/c16-11(17)10-1-3-14(9-10)12(18)13-2-8-22(19,20)15-4-6-21-7-5-15/h10H,1-9H2,(H,13,18)(H,16,17). The van der Waals surface area contributed by atoms with E-state index in [0.29, 0.717) is 26.1 Å². The number of carbonyl (C=O) groups is 2. The van der Waals surface area contributed by atoms with E-state index in [9.17, 15) is 18.0 Å². The fraction of sp³-hybridized carbons (Fsp3) is 0.833. The van der Waals surface area contributed by atoms with Crippen LogP contribution in [0.15, 0.2) is 0 Å². The van der Waals surface area contributed by atoms with Crippen LogP contribution in [-0.2, 0) is 14.8 Å². The smallest absolute Gasteiger partial charge is 0.317 e. The Morgan fingerprint density at radius 3 is 2.50 bits per heavy atom. The Hall–Kier alpha value is -1.00. The minimum Gasteiger partial charge on any atom is -0.481 e. The maximum atomic E-state index is 12.1. The highest BCUT2D eigenvalue weighted by Crippen LogP contribution is 2.16. The van der Waals surface area contributed by atoms with Crippen molar-refractivity contribution in [3.63, 3.8) is 0 Å². The fourth-order valence-electron chi connectivity index (χ4n) is 2.50. The number of nitrogens with zero attached hydrogens (tertiary/aromatic N) is 2. The molecule has 1 atom stereocenters. The second-order valence-corrected chi connectivity index (χ2v) is 8.64. The molecule has 0 aromatic heterocycles. The summed E-state index contributed by atoms with van der Waals surface area (Å²) in [4.78, 5) is 24.2. The number of likely N-dealkylation sites (tertiary alicyclic amines) is 1. The summed E-state index contributed by atoms with van der Waals surface area (Å²) in [5.41, 5.74) is 0. The first kappa shape index (κ1) is 17.4. The average Bonchev–Trinajstić information content (AvgIpc) is 2.98. The molecule has 126 valence electrons. The highest BCUT2D eigenvalue weighted by molar-refractivity contribution is 7.99. The molecule has 8 nitrogen and oxygen atoms in total. The zero-order valence-electron chi connectivity index (χ0n) is 12.2. The lowest BCUT2D eigenvalue weighted by Crippen LogP contribution is -2.44. The summed E-state index contributed by atoms with van der Waals surface area (Å²) in [6.45, 7) is 1.65. The lowest BCUT2D eigenvalue weighted by Gasteiger charge is -2.25. The van der Waals surface area contributed by atoms with Crippen LogP contribution in [0.3, 0.4) is 0 Å². The third-order valence-electron chi connectivity index (χ3n) is 3.82. The van der Waals surface area contributed by atoms with Gasteiger partial charge in [-0.05, 0) is 6.42 Å². The van der Waals surface area contributed by atoms with Crippen molar-refractivity contribution in [1.82, 2.24) is 14.5 Å². The molecule has 2 aliphatic heterocycles. The summed E-state index contributed by atoms with van der Waals surface area (Å²) in [5.74, 6) is 0.0482. The van der Waals surface area contributed by atoms with Gasteiger partial charge in [0.2, 0.25) is 10.0 Å². The van der Waals surface area contributed by atoms with Crippen molar-refractivity contribution in [1.29, 1.82) is 0 Å². The number of urea groups is 1.